The summed E-state index contributed by atoms with van der Waals surface area (Å²) in [6.07, 6.45) is 0.711. The Balaban J connectivity index is 2.07. The molecule has 0 aromatic heterocycles. The van der Waals surface area contributed by atoms with Crippen LogP contribution in [0.3, 0.4) is 0 Å². The number of nitrogens with one attached hydrogen (secondary N) is 1. The summed E-state index contributed by atoms with van der Waals surface area (Å²) >= 11 is 6.19. The Morgan fingerprint density at radius 3 is 2.24 bits per heavy atom. The predicted octanol–water partition coefficient (Wildman–Crippen LogP) is 4.88. The predicted molar refractivity (Wildman–Crippen MR) is 160 cm³/mol. The molecule has 41 heavy (non-hydrogen) atoms. The quantitative estimate of drug-likeness (QED) is 0.299. The molecule has 3 aromatic rings. The zero-order valence-electron chi connectivity index (χ0n) is 23.8. The molecule has 9 nitrogen and oxygen atoms in total. The minimum Gasteiger partial charge on any atom is -0.497 e. The second-order valence-electron chi connectivity index (χ2n) is 9.50. The van der Waals surface area contributed by atoms with Crippen molar-refractivity contribution in [2.24, 2.45) is 0 Å². The molecule has 0 saturated carbocycles. The lowest BCUT2D eigenvalue weighted by atomic mass is 10.1. The highest BCUT2D eigenvalue weighted by molar-refractivity contribution is 7.92. The molecule has 2 atom stereocenters. The topological polar surface area (TPSA) is 105 Å². The highest BCUT2D eigenvalue weighted by Gasteiger charge is 2.34. The molecular weight excluding hydrogens is 566 g/mol. The van der Waals surface area contributed by atoms with Gasteiger partial charge in [0.25, 0.3) is 10.0 Å². The van der Waals surface area contributed by atoms with Gasteiger partial charge in [0, 0.05) is 17.6 Å². The van der Waals surface area contributed by atoms with Crippen LogP contribution in [0.2, 0.25) is 5.02 Å². The van der Waals surface area contributed by atoms with E-state index in [2.05, 4.69) is 5.32 Å². The number of hydrogen-bond acceptors (Lipinski definition) is 6. The third kappa shape index (κ3) is 7.92. The molecule has 0 fully saturated rings. The van der Waals surface area contributed by atoms with Crippen LogP contribution in [-0.4, -0.2) is 58.0 Å². The number of hydrogen-bond donors (Lipinski definition) is 1. The van der Waals surface area contributed by atoms with Gasteiger partial charge in [-0.05, 0) is 74.4 Å². The Morgan fingerprint density at radius 1 is 0.951 bits per heavy atom. The smallest absolute Gasteiger partial charge is 0.264 e. The van der Waals surface area contributed by atoms with E-state index >= 15 is 0 Å². The molecule has 0 heterocycles. The van der Waals surface area contributed by atoms with E-state index in [1.165, 1.54) is 43.4 Å². The van der Waals surface area contributed by atoms with Crippen LogP contribution in [0.15, 0.2) is 77.7 Å². The Kier molecular flexibility index (Phi) is 11.0. The number of anilines is 1. The van der Waals surface area contributed by atoms with Crippen LogP contribution in [-0.2, 0) is 26.2 Å². The van der Waals surface area contributed by atoms with E-state index in [9.17, 15) is 18.0 Å². The van der Waals surface area contributed by atoms with Crippen molar-refractivity contribution in [1.29, 1.82) is 0 Å². The lowest BCUT2D eigenvalue weighted by molar-refractivity contribution is -0.139. The first kappa shape index (κ1) is 31.8. The number of rotatable bonds is 13. The number of sulfonamides is 1. The largest absolute Gasteiger partial charge is 0.497 e. The van der Waals surface area contributed by atoms with Gasteiger partial charge in [0.1, 0.15) is 24.1 Å². The number of halogens is 1. The number of amides is 2. The third-order valence-electron chi connectivity index (χ3n) is 6.69. The molecule has 0 aliphatic rings. The zero-order valence-corrected chi connectivity index (χ0v) is 25.4. The van der Waals surface area contributed by atoms with Gasteiger partial charge in [-0.1, -0.05) is 42.8 Å². The SMILES string of the molecule is CCC(C)NC(=O)C(C)N(Cc1cccc(Cl)c1)C(=O)CN(c1ccccc1OC)S(=O)(=O)c1ccc(OC)cc1. The van der Waals surface area contributed by atoms with Crippen molar-refractivity contribution < 1.29 is 27.5 Å². The first-order chi connectivity index (χ1) is 19.5. The molecule has 0 radical (unpaired) electrons. The van der Waals surface area contributed by atoms with Gasteiger partial charge in [-0.2, -0.15) is 0 Å². The number of carbonyl (C=O) groups excluding carboxylic acids is 2. The lowest BCUT2D eigenvalue weighted by Gasteiger charge is -2.32. The summed E-state index contributed by atoms with van der Waals surface area (Å²) in [5, 5.41) is 3.39. The molecule has 0 bridgehead atoms. The minimum absolute atomic E-state index is 0.0385. The molecule has 0 spiro atoms. The van der Waals surface area contributed by atoms with Crippen molar-refractivity contribution in [2.75, 3.05) is 25.1 Å². The fourth-order valence-electron chi connectivity index (χ4n) is 4.10. The third-order valence-corrected chi connectivity index (χ3v) is 8.70. The average molecular weight is 602 g/mol. The van der Waals surface area contributed by atoms with Crippen molar-refractivity contribution in [1.82, 2.24) is 10.2 Å². The maximum Gasteiger partial charge on any atom is 0.264 e. The van der Waals surface area contributed by atoms with Crippen molar-refractivity contribution in [2.45, 2.75) is 50.7 Å². The second kappa shape index (κ2) is 14.2. The number of nitrogens with zero attached hydrogens (tertiary/aromatic N) is 2. The van der Waals surface area contributed by atoms with Gasteiger partial charge in [-0.25, -0.2) is 8.42 Å². The molecule has 1 N–H and O–H groups in total. The van der Waals surface area contributed by atoms with E-state index in [4.69, 9.17) is 21.1 Å². The minimum atomic E-state index is -4.26. The van der Waals surface area contributed by atoms with Crippen LogP contribution in [0.25, 0.3) is 0 Å². The van der Waals surface area contributed by atoms with Crippen molar-refractivity contribution >= 4 is 39.1 Å². The van der Waals surface area contributed by atoms with Crippen LogP contribution in [0.5, 0.6) is 11.5 Å². The molecule has 2 amide bonds. The first-order valence-electron chi connectivity index (χ1n) is 13.2. The molecule has 3 aromatic carbocycles. The van der Waals surface area contributed by atoms with Gasteiger partial charge >= 0.3 is 0 Å². The molecule has 220 valence electrons. The second-order valence-corrected chi connectivity index (χ2v) is 11.8. The van der Waals surface area contributed by atoms with E-state index in [0.717, 1.165) is 4.31 Å². The molecule has 11 heteroatoms. The van der Waals surface area contributed by atoms with Crippen LogP contribution < -0.4 is 19.1 Å². The lowest BCUT2D eigenvalue weighted by Crippen LogP contribution is -2.52. The summed E-state index contributed by atoms with van der Waals surface area (Å²) in [5.41, 5.74) is 0.870. The number of methoxy groups -OCH3 is 2. The van der Waals surface area contributed by atoms with Crippen LogP contribution >= 0.6 is 11.6 Å². The van der Waals surface area contributed by atoms with Crippen LogP contribution in [0.1, 0.15) is 32.8 Å². The maximum absolute atomic E-state index is 14.0. The van der Waals surface area contributed by atoms with Crippen molar-refractivity contribution in [3.8, 4) is 11.5 Å². The van der Waals surface area contributed by atoms with Gasteiger partial charge in [0.05, 0.1) is 24.8 Å². The fourth-order valence-corrected chi connectivity index (χ4v) is 5.74. The van der Waals surface area contributed by atoms with Gasteiger partial charge in [0.2, 0.25) is 11.8 Å². The summed E-state index contributed by atoms with van der Waals surface area (Å²) < 4.78 is 39.7. The van der Waals surface area contributed by atoms with Crippen molar-refractivity contribution in [3.05, 3.63) is 83.4 Å². The summed E-state index contributed by atoms with van der Waals surface area (Å²) in [6.45, 7) is 4.89. The summed E-state index contributed by atoms with van der Waals surface area (Å²) in [6, 6.07) is 18.4. The highest BCUT2D eigenvalue weighted by Crippen LogP contribution is 2.33. The van der Waals surface area contributed by atoms with Gasteiger partial charge < -0.3 is 19.7 Å². The Bertz CT molecular complexity index is 1450. The van der Waals surface area contributed by atoms with Gasteiger partial charge in [-0.3, -0.25) is 13.9 Å². The molecule has 0 aliphatic carbocycles. The monoisotopic (exact) mass is 601 g/mol. The normalized spacial score (nSPS) is 12.6. The number of carbonyl (C=O) groups is 2. The molecule has 0 saturated heterocycles. The molecule has 3 rings (SSSR count). The standard InChI is InChI=1S/C30H36ClN3O6S/c1-6-21(2)32-30(36)22(3)33(19-23-10-9-11-24(31)18-23)29(35)20-34(27-12-7-8-13-28(27)40-5)41(37,38)26-16-14-25(39-4)15-17-26/h7-18,21-22H,6,19-20H2,1-5H3,(H,32,36). The molecular formula is C30H36ClN3O6S. The van der Waals surface area contributed by atoms with E-state index in [1.54, 1.807) is 55.5 Å². The molecule has 2 unspecified atom stereocenters. The number of benzene rings is 3. The Labute approximate surface area is 247 Å². The highest BCUT2D eigenvalue weighted by atomic mass is 35.5. The summed E-state index contributed by atoms with van der Waals surface area (Å²) in [4.78, 5) is 28.5. The zero-order chi connectivity index (χ0) is 30.2. The fraction of sp³-hybridized carbons (Fsp3) is 0.333. The number of ether oxygens (including phenoxy) is 2. The first-order valence-corrected chi connectivity index (χ1v) is 15.0. The van der Waals surface area contributed by atoms with E-state index in [0.29, 0.717) is 22.8 Å². The van der Waals surface area contributed by atoms with Crippen molar-refractivity contribution in [3.63, 3.8) is 0 Å². The number of para-hydroxylation sites is 2. The Morgan fingerprint density at radius 2 is 1.63 bits per heavy atom. The average Bonchev–Trinajstić information content (AvgIpc) is 2.98. The maximum atomic E-state index is 14.0. The molecule has 0 aliphatic heterocycles. The van der Waals surface area contributed by atoms with Gasteiger partial charge in [0.15, 0.2) is 0 Å². The van der Waals surface area contributed by atoms with Crippen LogP contribution in [0, 0.1) is 0 Å². The van der Waals surface area contributed by atoms with Gasteiger partial charge in [-0.15, -0.1) is 0 Å². The summed E-state index contributed by atoms with van der Waals surface area (Å²) in [7, 11) is -1.36. The van der Waals surface area contributed by atoms with E-state index < -0.39 is 28.5 Å². The van der Waals surface area contributed by atoms with Crippen LogP contribution in [0.4, 0.5) is 5.69 Å². The van der Waals surface area contributed by atoms with E-state index in [1.807, 2.05) is 13.8 Å². The Hall–Kier alpha value is -3.76. The van der Waals surface area contributed by atoms with E-state index in [-0.39, 0.29) is 34.8 Å². The summed E-state index contributed by atoms with van der Waals surface area (Å²) in [5.74, 6) is -0.185.